The van der Waals surface area contributed by atoms with Crippen LogP contribution in [-0.4, -0.2) is 57.2 Å². The van der Waals surface area contributed by atoms with Gasteiger partial charge in [-0.3, -0.25) is 4.79 Å². The average Bonchev–Trinajstić information content (AvgIpc) is 2.18. The molecular weight excluding hydrogens is 268 g/mol. The quantitative estimate of drug-likeness (QED) is 0.665. The Bertz CT molecular complexity index is 374. The van der Waals surface area contributed by atoms with Crippen molar-refractivity contribution in [3.8, 4) is 0 Å². The van der Waals surface area contributed by atoms with Crippen LogP contribution in [0.2, 0.25) is 0 Å². The van der Waals surface area contributed by atoms with Gasteiger partial charge in [0.15, 0.2) is 0 Å². The second-order valence-electron chi connectivity index (χ2n) is 5.56. The van der Waals surface area contributed by atoms with Crippen molar-refractivity contribution < 1.29 is 17.9 Å². The topological polar surface area (TPSA) is 75.7 Å². The molecule has 0 bridgehead atoms. The van der Waals surface area contributed by atoms with E-state index in [1.54, 1.807) is 7.11 Å². The Morgan fingerprint density at radius 2 is 1.84 bits per heavy atom. The van der Waals surface area contributed by atoms with Crippen molar-refractivity contribution >= 4 is 15.9 Å². The molecule has 0 fully saturated rings. The predicted molar refractivity (Wildman–Crippen MR) is 75.4 cm³/mol. The third-order valence-corrected chi connectivity index (χ3v) is 3.63. The Labute approximate surface area is 116 Å². The van der Waals surface area contributed by atoms with Crippen LogP contribution >= 0.6 is 0 Å². The largest absolute Gasteiger partial charge is 0.385 e. The molecule has 1 amide bonds. The maximum Gasteiger partial charge on any atom is 0.221 e. The van der Waals surface area contributed by atoms with Crippen molar-refractivity contribution in [2.75, 3.05) is 33.1 Å². The highest BCUT2D eigenvalue weighted by molar-refractivity contribution is 7.88. The summed E-state index contributed by atoms with van der Waals surface area (Å²) in [5.74, 6) is -0.145. The monoisotopic (exact) mass is 294 g/mol. The Balaban J connectivity index is 4.31. The van der Waals surface area contributed by atoms with Crippen LogP contribution in [0.5, 0.6) is 0 Å². The summed E-state index contributed by atoms with van der Waals surface area (Å²) in [4.78, 5) is 11.7. The molecule has 0 heterocycles. The third-order valence-electron chi connectivity index (χ3n) is 2.33. The van der Waals surface area contributed by atoms with E-state index in [0.717, 1.165) is 6.26 Å². The standard InChI is InChI=1S/C12H26N2O4S/c1-12(2,3)13-11(15)7-9-14(19(5,16)17)8-6-10-18-4/h6-10H2,1-5H3,(H,13,15). The van der Waals surface area contributed by atoms with Crippen molar-refractivity contribution in [2.24, 2.45) is 0 Å². The third kappa shape index (κ3) is 9.86. The van der Waals surface area contributed by atoms with Gasteiger partial charge in [-0.05, 0) is 27.2 Å². The van der Waals surface area contributed by atoms with Crippen LogP contribution in [0, 0.1) is 0 Å². The highest BCUT2D eigenvalue weighted by atomic mass is 32.2. The van der Waals surface area contributed by atoms with Crippen molar-refractivity contribution in [1.82, 2.24) is 9.62 Å². The molecule has 114 valence electrons. The molecule has 0 radical (unpaired) electrons. The lowest BCUT2D eigenvalue weighted by Gasteiger charge is -2.23. The van der Waals surface area contributed by atoms with Crippen molar-refractivity contribution in [3.05, 3.63) is 0 Å². The fraction of sp³-hybridized carbons (Fsp3) is 0.917. The number of ether oxygens (including phenoxy) is 1. The zero-order valence-corrected chi connectivity index (χ0v) is 13.3. The van der Waals surface area contributed by atoms with Gasteiger partial charge in [0.05, 0.1) is 6.26 Å². The summed E-state index contributed by atoms with van der Waals surface area (Å²) in [7, 11) is -1.72. The van der Waals surface area contributed by atoms with Gasteiger partial charge in [-0.2, -0.15) is 0 Å². The van der Waals surface area contributed by atoms with E-state index in [9.17, 15) is 13.2 Å². The first kappa shape index (κ1) is 18.3. The van der Waals surface area contributed by atoms with Gasteiger partial charge in [0.2, 0.25) is 15.9 Å². The number of hydrogen-bond acceptors (Lipinski definition) is 4. The van der Waals surface area contributed by atoms with E-state index < -0.39 is 10.0 Å². The summed E-state index contributed by atoms with van der Waals surface area (Å²) in [5, 5.41) is 2.81. The number of carbonyl (C=O) groups excluding carboxylic acids is 1. The first-order valence-electron chi connectivity index (χ1n) is 6.31. The molecule has 0 unspecified atom stereocenters. The zero-order valence-electron chi connectivity index (χ0n) is 12.5. The molecule has 0 aromatic carbocycles. The van der Waals surface area contributed by atoms with Gasteiger partial charge in [0.1, 0.15) is 0 Å². The molecule has 1 N–H and O–H groups in total. The first-order valence-corrected chi connectivity index (χ1v) is 8.16. The van der Waals surface area contributed by atoms with E-state index in [1.165, 1.54) is 4.31 Å². The van der Waals surface area contributed by atoms with Crippen LogP contribution in [0.15, 0.2) is 0 Å². The van der Waals surface area contributed by atoms with Gasteiger partial charge in [-0.25, -0.2) is 12.7 Å². The lowest BCUT2D eigenvalue weighted by molar-refractivity contribution is -0.122. The number of nitrogens with one attached hydrogen (secondary N) is 1. The number of nitrogens with zero attached hydrogens (tertiary/aromatic N) is 1. The van der Waals surface area contributed by atoms with Crippen LogP contribution in [-0.2, 0) is 19.6 Å². The Morgan fingerprint density at radius 3 is 2.26 bits per heavy atom. The van der Waals surface area contributed by atoms with E-state index in [-0.39, 0.29) is 24.4 Å². The molecule has 0 aliphatic carbocycles. The average molecular weight is 294 g/mol. The minimum absolute atomic E-state index is 0.145. The molecular formula is C12H26N2O4S. The van der Waals surface area contributed by atoms with Crippen LogP contribution < -0.4 is 5.32 Å². The van der Waals surface area contributed by atoms with E-state index in [4.69, 9.17) is 4.74 Å². The van der Waals surface area contributed by atoms with Gasteiger partial charge < -0.3 is 10.1 Å². The number of amides is 1. The minimum atomic E-state index is -3.29. The molecule has 19 heavy (non-hydrogen) atoms. The zero-order chi connectivity index (χ0) is 15.1. The lowest BCUT2D eigenvalue weighted by atomic mass is 10.1. The number of sulfonamides is 1. The van der Waals surface area contributed by atoms with Crippen LogP contribution in [0.1, 0.15) is 33.6 Å². The van der Waals surface area contributed by atoms with E-state index in [0.29, 0.717) is 19.6 Å². The number of rotatable bonds is 8. The Kier molecular flexibility index (Phi) is 7.54. The molecule has 0 aliphatic heterocycles. The number of carbonyl (C=O) groups is 1. The van der Waals surface area contributed by atoms with Gasteiger partial charge in [0.25, 0.3) is 0 Å². The summed E-state index contributed by atoms with van der Waals surface area (Å²) < 4.78 is 29.4. The fourth-order valence-electron chi connectivity index (χ4n) is 1.54. The van der Waals surface area contributed by atoms with E-state index in [1.807, 2.05) is 20.8 Å². The highest BCUT2D eigenvalue weighted by Gasteiger charge is 2.19. The van der Waals surface area contributed by atoms with Crippen LogP contribution in [0.4, 0.5) is 0 Å². The molecule has 0 saturated carbocycles. The molecule has 0 aromatic heterocycles. The Hall–Kier alpha value is -0.660. The molecule has 7 heteroatoms. The molecule has 0 aliphatic rings. The van der Waals surface area contributed by atoms with Crippen LogP contribution in [0.3, 0.4) is 0 Å². The van der Waals surface area contributed by atoms with Gasteiger partial charge >= 0.3 is 0 Å². The van der Waals surface area contributed by atoms with Gasteiger partial charge in [0, 0.05) is 38.8 Å². The van der Waals surface area contributed by atoms with E-state index in [2.05, 4.69) is 5.32 Å². The summed E-state index contributed by atoms with van der Waals surface area (Å²) in [6, 6.07) is 0. The molecule has 0 spiro atoms. The van der Waals surface area contributed by atoms with Gasteiger partial charge in [-0.1, -0.05) is 0 Å². The predicted octanol–water partition coefficient (Wildman–Crippen LogP) is 0.589. The second kappa shape index (κ2) is 7.81. The first-order chi connectivity index (χ1) is 8.56. The Morgan fingerprint density at radius 1 is 1.26 bits per heavy atom. The summed E-state index contributed by atoms with van der Waals surface area (Å²) in [5.41, 5.74) is -0.303. The van der Waals surface area contributed by atoms with Crippen LogP contribution in [0.25, 0.3) is 0 Å². The summed E-state index contributed by atoms with van der Waals surface area (Å²) in [6.45, 7) is 6.73. The normalized spacial score (nSPS) is 12.7. The highest BCUT2D eigenvalue weighted by Crippen LogP contribution is 2.04. The summed E-state index contributed by atoms with van der Waals surface area (Å²) in [6.07, 6.45) is 1.93. The molecule has 0 rings (SSSR count). The summed E-state index contributed by atoms with van der Waals surface area (Å²) >= 11 is 0. The lowest BCUT2D eigenvalue weighted by Crippen LogP contribution is -2.42. The maximum atomic E-state index is 11.7. The number of hydrogen-bond donors (Lipinski definition) is 1. The van der Waals surface area contributed by atoms with Crippen molar-refractivity contribution in [2.45, 2.75) is 39.2 Å². The van der Waals surface area contributed by atoms with Crippen molar-refractivity contribution in [1.29, 1.82) is 0 Å². The molecule has 0 saturated heterocycles. The fourth-order valence-corrected chi connectivity index (χ4v) is 2.42. The molecule has 6 nitrogen and oxygen atoms in total. The minimum Gasteiger partial charge on any atom is -0.385 e. The second-order valence-corrected chi connectivity index (χ2v) is 7.54. The van der Waals surface area contributed by atoms with Gasteiger partial charge in [-0.15, -0.1) is 0 Å². The maximum absolute atomic E-state index is 11.7. The molecule has 0 atom stereocenters. The van der Waals surface area contributed by atoms with E-state index >= 15 is 0 Å². The SMILES string of the molecule is COCCCN(CCC(=O)NC(C)(C)C)S(C)(=O)=O. The smallest absolute Gasteiger partial charge is 0.221 e. The molecule has 0 aromatic rings. The van der Waals surface area contributed by atoms with Crippen molar-refractivity contribution in [3.63, 3.8) is 0 Å². The number of methoxy groups -OCH3 is 1.